The van der Waals surface area contributed by atoms with Gasteiger partial charge in [0, 0.05) is 34.3 Å². The van der Waals surface area contributed by atoms with Crippen LogP contribution in [0.3, 0.4) is 0 Å². The van der Waals surface area contributed by atoms with Crippen molar-refractivity contribution in [2.24, 2.45) is 0 Å². The van der Waals surface area contributed by atoms with Crippen molar-refractivity contribution in [3.05, 3.63) is 185 Å². The third-order valence-electron chi connectivity index (χ3n) is 6.00. The van der Waals surface area contributed by atoms with Crippen LogP contribution < -0.4 is 4.90 Å². The Morgan fingerprint density at radius 3 is 1.03 bits per heavy atom. The fraction of sp³-hybridized carbons (Fsp3) is 0. The first-order valence-electron chi connectivity index (χ1n) is 12.0. The maximum absolute atomic E-state index is 6.26. The highest BCUT2D eigenvalue weighted by Crippen LogP contribution is 2.30. The van der Waals surface area contributed by atoms with Crippen molar-refractivity contribution in [3.63, 3.8) is 0 Å². The van der Waals surface area contributed by atoms with E-state index in [-0.39, 0.29) is 0 Å². The van der Waals surface area contributed by atoms with Crippen molar-refractivity contribution in [2.75, 3.05) is 4.90 Å². The molecule has 5 aromatic rings. The van der Waals surface area contributed by atoms with Crippen LogP contribution in [0.5, 0.6) is 0 Å². The summed E-state index contributed by atoms with van der Waals surface area (Å²) < 4.78 is 0. The Morgan fingerprint density at radius 1 is 0.417 bits per heavy atom. The summed E-state index contributed by atoms with van der Waals surface area (Å²) in [5.41, 5.74) is 7.88. The minimum absolute atomic E-state index is 0.712. The molecule has 1 nitrogen and oxygen atoms in total. The summed E-state index contributed by atoms with van der Waals surface area (Å²) in [6.07, 6.45) is 4.42. The van der Waals surface area contributed by atoms with E-state index in [0.29, 0.717) is 5.02 Å². The third-order valence-corrected chi connectivity index (χ3v) is 6.25. The van der Waals surface area contributed by atoms with Gasteiger partial charge in [-0.3, -0.25) is 0 Å². The van der Waals surface area contributed by atoms with E-state index in [2.05, 4.69) is 126 Å². The average molecular weight is 484 g/mol. The first kappa shape index (κ1) is 23.4. The number of benzene rings is 5. The monoisotopic (exact) mass is 483 g/mol. The zero-order valence-corrected chi connectivity index (χ0v) is 20.6. The van der Waals surface area contributed by atoms with Crippen LogP contribution in [0.15, 0.2) is 158 Å². The van der Waals surface area contributed by atoms with Crippen LogP contribution in [0, 0.1) is 0 Å². The molecular formula is C34H26ClN. The van der Waals surface area contributed by atoms with E-state index in [1.54, 1.807) is 0 Å². The molecule has 0 amide bonds. The maximum atomic E-state index is 6.26. The number of hydrogen-bond donors (Lipinski definition) is 0. The smallest absolute Gasteiger partial charge is 0.0450 e. The number of anilines is 1. The van der Waals surface area contributed by atoms with Gasteiger partial charge in [-0.1, -0.05) is 133 Å². The molecule has 0 aliphatic rings. The van der Waals surface area contributed by atoms with Gasteiger partial charge in [0.05, 0.1) is 0 Å². The summed E-state index contributed by atoms with van der Waals surface area (Å²) >= 11 is 6.26. The molecule has 5 rings (SSSR count). The van der Waals surface area contributed by atoms with E-state index in [9.17, 15) is 0 Å². The van der Waals surface area contributed by atoms with Crippen molar-refractivity contribution in [1.29, 1.82) is 0 Å². The molecule has 0 fully saturated rings. The fourth-order valence-corrected chi connectivity index (χ4v) is 4.31. The molecule has 174 valence electrons. The largest absolute Gasteiger partial charge is 0.323 e. The summed E-state index contributed by atoms with van der Waals surface area (Å²) in [5.74, 6) is 0. The Kier molecular flexibility index (Phi) is 7.41. The molecule has 36 heavy (non-hydrogen) atoms. The zero-order chi connectivity index (χ0) is 24.6. The van der Waals surface area contributed by atoms with Crippen LogP contribution in [0.2, 0.25) is 5.02 Å². The molecule has 0 N–H and O–H groups in total. The first-order valence-corrected chi connectivity index (χ1v) is 12.3. The number of nitrogens with zero attached hydrogens (tertiary/aromatic N) is 1. The molecule has 0 saturated heterocycles. The van der Waals surface area contributed by atoms with Gasteiger partial charge >= 0.3 is 0 Å². The second kappa shape index (κ2) is 11.4. The van der Waals surface area contributed by atoms with Gasteiger partial charge in [-0.05, 0) is 46.5 Å². The molecule has 5 aromatic carbocycles. The second-order valence-electron chi connectivity index (χ2n) is 8.43. The molecule has 0 unspecified atom stereocenters. The van der Waals surface area contributed by atoms with E-state index in [0.717, 1.165) is 39.1 Å². The van der Waals surface area contributed by atoms with Crippen LogP contribution in [0.4, 0.5) is 5.69 Å². The van der Waals surface area contributed by atoms with E-state index >= 15 is 0 Å². The predicted molar refractivity (Wildman–Crippen MR) is 154 cm³/mol. The molecule has 0 radical (unpaired) electrons. The highest BCUT2D eigenvalue weighted by atomic mass is 35.5. The van der Waals surface area contributed by atoms with Crippen LogP contribution >= 0.6 is 11.6 Å². The molecule has 0 aliphatic heterocycles. The molecule has 0 saturated carbocycles. The fourth-order valence-electron chi connectivity index (χ4n) is 4.18. The summed E-state index contributed by atoms with van der Waals surface area (Å²) in [7, 11) is 0. The summed E-state index contributed by atoms with van der Waals surface area (Å²) in [4.78, 5) is 2.20. The lowest BCUT2D eigenvalue weighted by Crippen LogP contribution is -2.10. The average Bonchev–Trinajstić information content (AvgIpc) is 2.96. The Balaban J connectivity index is 1.74. The van der Waals surface area contributed by atoms with Gasteiger partial charge in [-0.2, -0.15) is 0 Å². The second-order valence-corrected chi connectivity index (χ2v) is 8.87. The van der Waals surface area contributed by atoms with Crippen LogP contribution in [0.25, 0.3) is 11.1 Å². The first-order chi connectivity index (χ1) is 17.8. The lowest BCUT2D eigenvalue weighted by molar-refractivity contribution is 1.27. The van der Waals surface area contributed by atoms with Crippen molar-refractivity contribution >= 4 is 28.4 Å². The van der Waals surface area contributed by atoms with Crippen LogP contribution in [-0.4, -0.2) is 0 Å². The minimum atomic E-state index is 0.712. The lowest BCUT2D eigenvalue weighted by atomic mass is 9.97. The SMILES string of the molecule is Clc1ccc(N(C=C(c2ccccc2)c2ccccc2)C=C(c2ccccc2)c2ccccc2)cc1. The molecule has 0 atom stereocenters. The van der Waals surface area contributed by atoms with E-state index in [4.69, 9.17) is 11.6 Å². The Morgan fingerprint density at radius 2 is 0.722 bits per heavy atom. The van der Waals surface area contributed by atoms with E-state index < -0.39 is 0 Å². The highest BCUT2D eigenvalue weighted by Gasteiger charge is 2.12. The standard InChI is InChI=1S/C34H26ClN/c35-31-21-23-32(24-22-31)36(25-33(27-13-5-1-6-14-27)28-15-7-2-8-16-28)26-34(29-17-9-3-10-18-29)30-19-11-4-12-20-30/h1-26H. The van der Waals surface area contributed by atoms with E-state index in [1.165, 1.54) is 0 Å². The molecule has 0 spiro atoms. The summed E-state index contributed by atoms with van der Waals surface area (Å²) in [6.45, 7) is 0. The van der Waals surface area contributed by atoms with Gasteiger partial charge < -0.3 is 4.90 Å². The van der Waals surface area contributed by atoms with Crippen molar-refractivity contribution in [1.82, 2.24) is 0 Å². The number of rotatable bonds is 7. The molecule has 0 aromatic heterocycles. The maximum Gasteiger partial charge on any atom is 0.0450 e. The molecular weight excluding hydrogens is 458 g/mol. The quantitative estimate of drug-likeness (QED) is 0.223. The molecule has 0 aliphatic carbocycles. The zero-order valence-electron chi connectivity index (χ0n) is 19.8. The Bertz CT molecular complexity index is 1260. The van der Waals surface area contributed by atoms with Gasteiger partial charge in [-0.25, -0.2) is 0 Å². The molecule has 0 bridgehead atoms. The van der Waals surface area contributed by atoms with Gasteiger partial charge in [0.2, 0.25) is 0 Å². The van der Waals surface area contributed by atoms with Crippen LogP contribution in [-0.2, 0) is 0 Å². The Hall–Kier alpha value is -4.33. The predicted octanol–water partition coefficient (Wildman–Crippen LogP) is 9.33. The van der Waals surface area contributed by atoms with Gasteiger partial charge in [-0.15, -0.1) is 0 Å². The number of hydrogen-bond acceptors (Lipinski definition) is 1. The van der Waals surface area contributed by atoms with Crippen molar-refractivity contribution in [3.8, 4) is 0 Å². The summed E-state index contributed by atoms with van der Waals surface area (Å²) in [5, 5.41) is 0.712. The molecule has 0 heterocycles. The van der Waals surface area contributed by atoms with Crippen LogP contribution in [0.1, 0.15) is 22.3 Å². The van der Waals surface area contributed by atoms with Crippen molar-refractivity contribution < 1.29 is 0 Å². The lowest BCUT2D eigenvalue weighted by Gasteiger charge is -2.22. The van der Waals surface area contributed by atoms with Gasteiger partial charge in [0.25, 0.3) is 0 Å². The topological polar surface area (TPSA) is 3.24 Å². The van der Waals surface area contributed by atoms with E-state index in [1.807, 2.05) is 36.4 Å². The Labute approximate surface area is 218 Å². The summed E-state index contributed by atoms with van der Waals surface area (Å²) in [6, 6.07) is 50.0. The highest BCUT2D eigenvalue weighted by molar-refractivity contribution is 6.30. The van der Waals surface area contributed by atoms with Crippen molar-refractivity contribution in [2.45, 2.75) is 0 Å². The molecule has 2 heteroatoms. The third kappa shape index (κ3) is 5.66. The number of halogens is 1. The van der Waals surface area contributed by atoms with Gasteiger partial charge in [0.15, 0.2) is 0 Å². The normalized spacial score (nSPS) is 10.4. The van der Waals surface area contributed by atoms with Gasteiger partial charge in [0.1, 0.15) is 0 Å². The minimum Gasteiger partial charge on any atom is -0.323 e.